The summed E-state index contributed by atoms with van der Waals surface area (Å²) in [7, 11) is 0. The highest BCUT2D eigenvalue weighted by atomic mass is 35.5. The fourth-order valence-corrected chi connectivity index (χ4v) is 2.64. The number of carbonyl (C=O) groups is 3. The van der Waals surface area contributed by atoms with Crippen molar-refractivity contribution in [3.63, 3.8) is 0 Å². The molecule has 0 aliphatic rings. The third-order valence-corrected chi connectivity index (χ3v) is 4.18. The fourth-order valence-electron chi connectivity index (χ4n) is 2.52. The Morgan fingerprint density at radius 1 is 1.07 bits per heavy atom. The predicted molar refractivity (Wildman–Crippen MR) is 103 cm³/mol. The van der Waals surface area contributed by atoms with Gasteiger partial charge in [0.25, 0.3) is 11.8 Å². The molecule has 0 radical (unpaired) electrons. The van der Waals surface area contributed by atoms with Crippen LogP contribution in [0.2, 0.25) is 5.02 Å². The number of hydrogen-bond acceptors (Lipinski definition) is 5. The van der Waals surface area contributed by atoms with Crippen molar-refractivity contribution >= 4 is 40.4 Å². The zero-order chi connectivity index (χ0) is 20.1. The van der Waals surface area contributed by atoms with Crippen LogP contribution >= 0.6 is 11.6 Å². The summed E-state index contributed by atoms with van der Waals surface area (Å²) in [6.45, 7) is 1.43. The fraction of sp³-hybridized carbons (Fsp3) is 0.150. The van der Waals surface area contributed by atoms with Gasteiger partial charge in [-0.1, -0.05) is 23.7 Å². The van der Waals surface area contributed by atoms with E-state index < -0.39 is 24.4 Å². The van der Waals surface area contributed by atoms with Crippen molar-refractivity contribution in [2.24, 2.45) is 0 Å². The van der Waals surface area contributed by atoms with E-state index in [1.807, 2.05) is 25.1 Å². The highest BCUT2D eigenvalue weighted by Gasteiger charge is 2.14. The van der Waals surface area contributed by atoms with Crippen molar-refractivity contribution < 1.29 is 23.5 Å². The van der Waals surface area contributed by atoms with Gasteiger partial charge in [-0.25, -0.2) is 0 Å². The van der Waals surface area contributed by atoms with Crippen LogP contribution in [0.1, 0.15) is 21.5 Å². The molecule has 0 saturated heterocycles. The minimum Gasteiger partial charge on any atom is -0.464 e. The molecule has 2 amide bonds. The summed E-state index contributed by atoms with van der Waals surface area (Å²) in [6, 6.07) is 11.8. The molecule has 2 N–H and O–H groups in total. The smallest absolute Gasteiger partial charge is 0.310 e. The van der Waals surface area contributed by atoms with Gasteiger partial charge in [0, 0.05) is 21.5 Å². The summed E-state index contributed by atoms with van der Waals surface area (Å²) in [5.74, 6) is -1.76. The summed E-state index contributed by atoms with van der Waals surface area (Å²) in [5, 5.41) is 1.32. The van der Waals surface area contributed by atoms with Gasteiger partial charge in [0.15, 0.2) is 6.61 Å². The summed E-state index contributed by atoms with van der Waals surface area (Å²) in [5.41, 5.74) is 7.14. The number of fused-ring (bicyclic) bond motifs is 1. The first kappa shape index (κ1) is 19.4. The summed E-state index contributed by atoms with van der Waals surface area (Å²) in [4.78, 5) is 35.6. The Kier molecular flexibility index (Phi) is 5.96. The molecule has 3 rings (SSSR count). The summed E-state index contributed by atoms with van der Waals surface area (Å²) >= 11 is 5.75. The van der Waals surface area contributed by atoms with E-state index in [2.05, 4.69) is 10.9 Å². The Morgan fingerprint density at radius 3 is 2.57 bits per heavy atom. The van der Waals surface area contributed by atoms with E-state index in [4.69, 9.17) is 20.8 Å². The number of nitrogens with one attached hydrogen (secondary N) is 2. The Morgan fingerprint density at radius 2 is 1.82 bits per heavy atom. The number of carbonyl (C=O) groups excluding carboxylic acids is 3. The zero-order valence-corrected chi connectivity index (χ0v) is 15.7. The molecule has 2 aromatic carbocycles. The predicted octanol–water partition coefficient (Wildman–Crippen LogP) is 2.94. The lowest BCUT2D eigenvalue weighted by Gasteiger charge is -2.08. The maximum Gasteiger partial charge on any atom is 0.310 e. The van der Waals surface area contributed by atoms with E-state index in [1.165, 1.54) is 18.4 Å². The molecule has 28 heavy (non-hydrogen) atoms. The van der Waals surface area contributed by atoms with E-state index in [1.54, 1.807) is 12.1 Å². The second-order valence-electron chi connectivity index (χ2n) is 6.11. The molecule has 0 atom stereocenters. The Balaban J connectivity index is 1.45. The molecule has 1 aromatic heterocycles. The number of benzene rings is 2. The van der Waals surface area contributed by atoms with Crippen LogP contribution in [0.5, 0.6) is 0 Å². The molecule has 0 aliphatic carbocycles. The van der Waals surface area contributed by atoms with Crippen LogP contribution in [0.15, 0.2) is 53.1 Å². The average molecular weight is 401 g/mol. The monoisotopic (exact) mass is 400 g/mol. The molecule has 0 unspecified atom stereocenters. The van der Waals surface area contributed by atoms with Crippen LogP contribution in [0.25, 0.3) is 11.0 Å². The van der Waals surface area contributed by atoms with Gasteiger partial charge in [0.2, 0.25) is 0 Å². The molecule has 1 heterocycles. The lowest BCUT2D eigenvalue weighted by atomic mass is 10.1. The molecule has 144 valence electrons. The van der Waals surface area contributed by atoms with Crippen molar-refractivity contribution in [1.29, 1.82) is 0 Å². The molecule has 7 nitrogen and oxygen atoms in total. The number of furan rings is 1. The Labute approximate surface area is 165 Å². The summed E-state index contributed by atoms with van der Waals surface area (Å²) in [6.07, 6.45) is 1.47. The van der Waals surface area contributed by atoms with Gasteiger partial charge >= 0.3 is 5.97 Å². The molecule has 0 aliphatic heterocycles. The SMILES string of the molecule is Cc1ccc2c(CC(=O)OCC(=O)NNC(=O)c3ccc(Cl)cc3)coc2c1. The molecule has 0 saturated carbocycles. The van der Waals surface area contributed by atoms with Crippen LogP contribution in [0.4, 0.5) is 0 Å². The quantitative estimate of drug-likeness (QED) is 0.507. The number of hydrazine groups is 1. The van der Waals surface area contributed by atoms with Crippen molar-refractivity contribution in [1.82, 2.24) is 10.9 Å². The van der Waals surface area contributed by atoms with Crippen LogP contribution in [0.3, 0.4) is 0 Å². The number of esters is 1. The van der Waals surface area contributed by atoms with E-state index in [-0.39, 0.29) is 6.42 Å². The second kappa shape index (κ2) is 8.58. The van der Waals surface area contributed by atoms with Gasteiger partial charge in [-0.3, -0.25) is 25.2 Å². The third-order valence-electron chi connectivity index (χ3n) is 3.93. The number of hydrogen-bond donors (Lipinski definition) is 2. The molecular formula is C20H17ClN2O5. The molecule has 0 fully saturated rings. The molecule has 0 spiro atoms. The highest BCUT2D eigenvalue weighted by molar-refractivity contribution is 6.30. The maximum absolute atomic E-state index is 12.0. The van der Waals surface area contributed by atoms with E-state index in [0.717, 1.165) is 10.9 Å². The van der Waals surface area contributed by atoms with Crippen LogP contribution in [0, 0.1) is 6.92 Å². The van der Waals surface area contributed by atoms with E-state index in [0.29, 0.717) is 21.7 Å². The number of ether oxygens (including phenoxy) is 1. The number of amides is 2. The van der Waals surface area contributed by atoms with Crippen molar-refractivity contribution in [2.75, 3.05) is 6.61 Å². The molecule has 0 bridgehead atoms. The first-order valence-electron chi connectivity index (χ1n) is 8.39. The standard InChI is InChI=1S/C20H17ClN2O5/c1-12-2-7-16-14(10-27-17(16)8-12)9-19(25)28-11-18(24)22-23-20(26)13-3-5-15(21)6-4-13/h2-8,10H,9,11H2,1H3,(H,22,24)(H,23,26). The van der Waals surface area contributed by atoms with Gasteiger partial charge in [0.05, 0.1) is 12.7 Å². The Hall–Kier alpha value is -3.32. The highest BCUT2D eigenvalue weighted by Crippen LogP contribution is 2.22. The van der Waals surface area contributed by atoms with E-state index in [9.17, 15) is 14.4 Å². The first-order chi connectivity index (χ1) is 13.4. The van der Waals surface area contributed by atoms with Crippen LogP contribution in [-0.4, -0.2) is 24.4 Å². The lowest BCUT2D eigenvalue weighted by molar-refractivity contribution is -0.148. The van der Waals surface area contributed by atoms with E-state index >= 15 is 0 Å². The third kappa shape index (κ3) is 4.89. The zero-order valence-electron chi connectivity index (χ0n) is 15.0. The molecule has 8 heteroatoms. The van der Waals surface area contributed by atoms with Crippen molar-refractivity contribution in [3.05, 3.63) is 70.4 Å². The average Bonchev–Trinajstić information content (AvgIpc) is 3.06. The van der Waals surface area contributed by atoms with Gasteiger partial charge in [0.1, 0.15) is 5.58 Å². The van der Waals surface area contributed by atoms with Crippen molar-refractivity contribution in [3.8, 4) is 0 Å². The number of aryl methyl sites for hydroxylation is 1. The summed E-state index contributed by atoms with van der Waals surface area (Å²) < 4.78 is 10.4. The van der Waals surface area contributed by atoms with Gasteiger partial charge in [-0.2, -0.15) is 0 Å². The minimum atomic E-state index is -0.664. The van der Waals surface area contributed by atoms with Crippen LogP contribution < -0.4 is 10.9 Å². The van der Waals surface area contributed by atoms with Crippen LogP contribution in [-0.2, 0) is 20.7 Å². The maximum atomic E-state index is 12.0. The number of rotatable bonds is 5. The Bertz CT molecular complexity index is 1030. The van der Waals surface area contributed by atoms with Gasteiger partial charge < -0.3 is 9.15 Å². The normalized spacial score (nSPS) is 10.5. The van der Waals surface area contributed by atoms with Gasteiger partial charge in [-0.15, -0.1) is 0 Å². The minimum absolute atomic E-state index is 0.0273. The topological polar surface area (TPSA) is 97.6 Å². The lowest BCUT2D eigenvalue weighted by Crippen LogP contribution is -2.43. The second-order valence-corrected chi connectivity index (χ2v) is 6.54. The van der Waals surface area contributed by atoms with Crippen molar-refractivity contribution in [2.45, 2.75) is 13.3 Å². The van der Waals surface area contributed by atoms with Gasteiger partial charge in [-0.05, 0) is 42.8 Å². The number of halogens is 1. The molecular weight excluding hydrogens is 384 g/mol. The first-order valence-corrected chi connectivity index (χ1v) is 8.77. The molecule has 3 aromatic rings. The largest absolute Gasteiger partial charge is 0.464 e.